The molecule has 0 spiro atoms. The Morgan fingerprint density at radius 2 is 1.50 bits per heavy atom. The molecule has 2 amide bonds. The molecular weight excluding hydrogens is 604 g/mol. The fourth-order valence-corrected chi connectivity index (χ4v) is 5.70. The number of amides is 2. The van der Waals surface area contributed by atoms with E-state index in [9.17, 15) is 14.4 Å². The molecule has 0 saturated heterocycles. The lowest BCUT2D eigenvalue weighted by atomic mass is 9.84. The average molecular weight is 659 g/mol. The zero-order valence-corrected chi connectivity index (χ0v) is 30.4. The van der Waals surface area contributed by atoms with Crippen LogP contribution in [0.5, 0.6) is 5.75 Å². The molecule has 3 rings (SSSR count). The summed E-state index contributed by atoms with van der Waals surface area (Å²) in [6, 6.07) is 22.9. The van der Waals surface area contributed by atoms with Crippen molar-refractivity contribution in [3.63, 3.8) is 0 Å². The summed E-state index contributed by atoms with van der Waals surface area (Å²) in [7, 11) is 3.19. The SMILES string of the molecule is COc1cccc(-c2ccc(CCC[C@H](CC(=O)OC(C)(C)C)C(=O)N[C@H](C(=O)N[C@@](C)(OC)c3ccccc3)C(C)(C)C)cc2C)c1. The second-order valence-electron chi connectivity index (χ2n) is 14.7. The van der Waals surface area contributed by atoms with Gasteiger partial charge in [0.05, 0.1) is 13.5 Å². The van der Waals surface area contributed by atoms with Gasteiger partial charge >= 0.3 is 5.97 Å². The van der Waals surface area contributed by atoms with Crippen LogP contribution in [0.3, 0.4) is 0 Å². The number of hydrogen-bond acceptors (Lipinski definition) is 6. The predicted molar refractivity (Wildman–Crippen MR) is 190 cm³/mol. The number of methoxy groups -OCH3 is 2. The monoisotopic (exact) mass is 658 g/mol. The molecule has 3 atom stereocenters. The molecule has 0 unspecified atom stereocenters. The highest BCUT2D eigenvalue weighted by molar-refractivity contribution is 5.91. The zero-order valence-electron chi connectivity index (χ0n) is 30.4. The molecular formula is C40H54N2O6. The maximum absolute atomic E-state index is 13.9. The summed E-state index contributed by atoms with van der Waals surface area (Å²) < 4.78 is 16.7. The largest absolute Gasteiger partial charge is 0.497 e. The van der Waals surface area contributed by atoms with Crippen LogP contribution in [-0.2, 0) is 36.0 Å². The maximum Gasteiger partial charge on any atom is 0.307 e. The Hall–Kier alpha value is -4.17. The van der Waals surface area contributed by atoms with Crippen molar-refractivity contribution in [1.82, 2.24) is 10.6 Å². The van der Waals surface area contributed by atoms with Gasteiger partial charge in [-0.25, -0.2) is 0 Å². The van der Waals surface area contributed by atoms with E-state index in [0.29, 0.717) is 12.8 Å². The minimum Gasteiger partial charge on any atom is -0.497 e. The van der Waals surface area contributed by atoms with Crippen LogP contribution >= 0.6 is 0 Å². The van der Waals surface area contributed by atoms with E-state index in [2.05, 4.69) is 41.8 Å². The van der Waals surface area contributed by atoms with Crippen molar-refractivity contribution in [3.8, 4) is 16.9 Å². The summed E-state index contributed by atoms with van der Waals surface area (Å²) >= 11 is 0. The van der Waals surface area contributed by atoms with Crippen molar-refractivity contribution >= 4 is 17.8 Å². The second-order valence-corrected chi connectivity index (χ2v) is 14.7. The second kappa shape index (κ2) is 16.3. The highest BCUT2D eigenvalue weighted by atomic mass is 16.6. The Labute approximate surface area is 286 Å². The fourth-order valence-electron chi connectivity index (χ4n) is 5.70. The molecule has 48 heavy (non-hydrogen) atoms. The number of carbonyl (C=O) groups excluding carboxylic acids is 3. The number of hydrogen-bond donors (Lipinski definition) is 2. The van der Waals surface area contributed by atoms with Crippen LogP contribution < -0.4 is 15.4 Å². The van der Waals surface area contributed by atoms with E-state index >= 15 is 0 Å². The minimum atomic E-state index is -1.11. The van der Waals surface area contributed by atoms with Crippen LogP contribution in [0.2, 0.25) is 0 Å². The zero-order chi connectivity index (χ0) is 35.7. The number of rotatable bonds is 14. The van der Waals surface area contributed by atoms with Gasteiger partial charge in [-0.15, -0.1) is 0 Å². The van der Waals surface area contributed by atoms with E-state index in [4.69, 9.17) is 14.2 Å². The number of nitrogens with one attached hydrogen (secondary N) is 2. The highest BCUT2D eigenvalue weighted by Gasteiger charge is 2.39. The van der Waals surface area contributed by atoms with E-state index in [1.54, 1.807) is 34.8 Å². The normalized spacial score (nSPS) is 14.3. The highest BCUT2D eigenvalue weighted by Crippen LogP contribution is 2.29. The van der Waals surface area contributed by atoms with Crippen molar-refractivity contribution in [2.75, 3.05) is 14.2 Å². The molecule has 0 saturated carbocycles. The average Bonchev–Trinajstić information content (AvgIpc) is 3.02. The van der Waals surface area contributed by atoms with Gasteiger partial charge < -0.3 is 24.8 Å². The van der Waals surface area contributed by atoms with Crippen molar-refractivity contribution in [2.45, 2.75) is 98.4 Å². The summed E-state index contributed by atoms with van der Waals surface area (Å²) in [6.45, 7) is 14.9. The lowest BCUT2D eigenvalue weighted by Crippen LogP contribution is -2.58. The first-order chi connectivity index (χ1) is 22.5. The smallest absolute Gasteiger partial charge is 0.307 e. The molecule has 2 N–H and O–H groups in total. The van der Waals surface area contributed by atoms with E-state index in [1.807, 2.05) is 69.3 Å². The molecule has 0 radical (unpaired) electrons. The van der Waals surface area contributed by atoms with Crippen LogP contribution in [0, 0.1) is 18.3 Å². The standard InChI is InChI=1S/C40H54N2O6/c1-27-24-28(22-23-33(27)29-17-15-21-32(25-29)46-9)16-14-18-30(26-34(43)48-39(5,6)7)36(44)41-35(38(2,3)4)37(45)42-40(8,47-10)31-19-12-11-13-20-31/h11-13,15,17,19-25,30,35H,14,16,18,26H2,1-10H3,(H,41,44)(H,42,45)/t30-,35-,40+/m1/s1. The Morgan fingerprint density at radius 3 is 2.08 bits per heavy atom. The summed E-state index contributed by atoms with van der Waals surface area (Å²) in [5, 5.41) is 5.99. The molecule has 0 aromatic heterocycles. The van der Waals surface area contributed by atoms with E-state index in [1.165, 1.54) is 7.11 Å². The Kier molecular flexibility index (Phi) is 13.0. The Bertz CT molecular complexity index is 1540. The molecule has 0 aliphatic heterocycles. The van der Waals surface area contributed by atoms with Crippen molar-refractivity contribution in [3.05, 3.63) is 89.5 Å². The van der Waals surface area contributed by atoms with Crippen LogP contribution in [0.25, 0.3) is 11.1 Å². The minimum absolute atomic E-state index is 0.0881. The third-order valence-electron chi connectivity index (χ3n) is 8.40. The molecule has 0 fully saturated rings. The number of aryl methyl sites for hydroxylation is 2. The number of benzene rings is 3. The van der Waals surface area contributed by atoms with Gasteiger partial charge in [0.25, 0.3) is 0 Å². The van der Waals surface area contributed by atoms with Crippen LogP contribution in [0.15, 0.2) is 72.8 Å². The third-order valence-corrected chi connectivity index (χ3v) is 8.40. The van der Waals surface area contributed by atoms with Crippen LogP contribution in [0.4, 0.5) is 0 Å². The number of esters is 1. The van der Waals surface area contributed by atoms with Gasteiger partial charge in [0.15, 0.2) is 5.72 Å². The quantitative estimate of drug-likeness (QED) is 0.137. The summed E-state index contributed by atoms with van der Waals surface area (Å²) in [6.07, 6.45) is 1.75. The van der Waals surface area contributed by atoms with Crippen molar-refractivity contribution in [1.29, 1.82) is 0 Å². The molecule has 0 heterocycles. The Balaban J connectivity index is 1.78. The molecule has 8 nitrogen and oxygen atoms in total. The maximum atomic E-state index is 13.9. The molecule has 8 heteroatoms. The molecule has 0 bridgehead atoms. The first kappa shape index (κ1) is 38.3. The van der Waals surface area contributed by atoms with Crippen LogP contribution in [-0.4, -0.2) is 43.6 Å². The van der Waals surface area contributed by atoms with E-state index in [-0.39, 0.29) is 18.2 Å². The summed E-state index contributed by atoms with van der Waals surface area (Å²) in [4.78, 5) is 40.7. The van der Waals surface area contributed by atoms with Gasteiger partial charge in [-0.1, -0.05) is 81.4 Å². The molecule has 3 aromatic carbocycles. The topological polar surface area (TPSA) is 103 Å². The molecule has 0 aliphatic rings. The first-order valence-corrected chi connectivity index (χ1v) is 16.6. The van der Waals surface area contributed by atoms with Gasteiger partial charge in [0.2, 0.25) is 11.8 Å². The number of carbonyl (C=O) groups is 3. The van der Waals surface area contributed by atoms with E-state index < -0.39 is 34.7 Å². The fraction of sp³-hybridized carbons (Fsp3) is 0.475. The van der Waals surface area contributed by atoms with Gasteiger partial charge in [-0.3, -0.25) is 14.4 Å². The van der Waals surface area contributed by atoms with Crippen molar-refractivity contribution < 1.29 is 28.6 Å². The van der Waals surface area contributed by atoms with Gasteiger partial charge in [-0.05, 0) is 93.7 Å². The van der Waals surface area contributed by atoms with Gasteiger partial charge in [-0.2, -0.15) is 0 Å². The first-order valence-electron chi connectivity index (χ1n) is 16.6. The lowest BCUT2D eigenvalue weighted by Gasteiger charge is -2.36. The Morgan fingerprint density at radius 1 is 0.812 bits per heavy atom. The van der Waals surface area contributed by atoms with Gasteiger partial charge in [0.1, 0.15) is 17.4 Å². The predicted octanol–water partition coefficient (Wildman–Crippen LogP) is 7.51. The summed E-state index contributed by atoms with van der Waals surface area (Å²) in [5.74, 6) is -1.07. The lowest BCUT2D eigenvalue weighted by molar-refractivity contribution is -0.157. The van der Waals surface area contributed by atoms with E-state index in [0.717, 1.165) is 40.0 Å². The molecule has 3 aromatic rings. The van der Waals surface area contributed by atoms with Crippen molar-refractivity contribution in [2.24, 2.45) is 11.3 Å². The van der Waals surface area contributed by atoms with Crippen LogP contribution in [0.1, 0.15) is 84.4 Å². The van der Waals surface area contributed by atoms with Gasteiger partial charge in [0, 0.05) is 18.6 Å². The molecule has 260 valence electrons. The molecule has 0 aliphatic carbocycles. The number of ether oxygens (including phenoxy) is 3. The third kappa shape index (κ3) is 10.9. The summed E-state index contributed by atoms with van der Waals surface area (Å²) in [5.41, 5.74) is 2.84.